The second-order valence-electron chi connectivity index (χ2n) is 12.0. The topological polar surface area (TPSA) is 180 Å². The zero-order valence-electron chi connectivity index (χ0n) is 25.9. The molecule has 17 heteroatoms. The van der Waals surface area contributed by atoms with Gasteiger partial charge >= 0.3 is 0 Å². The van der Waals surface area contributed by atoms with Crippen LogP contribution in [0.15, 0.2) is 17.8 Å². The molecule has 3 saturated heterocycles. The van der Waals surface area contributed by atoms with Crippen LogP contribution in [0.3, 0.4) is 0 Å². The van der Waals surface area contributed by atoms with Gasteiger partial charge in [0.1, 0.15) is 23.9 Å². The second-order valence-corrected chi connectivity index (χ2v) is 12.0. The summed E-state index contributed by atoms with van der Waals surface area (Å²) in [7, 11) is 0. The molecule has 2 amide bonds. The molecule has 4 fully saturated rings. The molecule has 1 atom stereocenters. The molecule has 47 heavy (non-hydrogen) atoms. The molecule has 0 spiro atoms. The number of nitriles is 1. The summed E-state index contributed by atoms with van der Waals surface area (Å²) in [4.78, 5) is 54.2. The minimum Gasteiger partial charge on any atom is -0.378 e. The molecule has 2 aromatic heterocycles. The second kappa shape index (κ2) is 14.5. The highest BCUT2D eigenvalue weighted by atomic mass is 19.3. The number of amides is 2. The van der Waals surface area contributed by atoms with E-state index in [9.17, 15) is 23.6 Å². The average molecular weight is 654 g/mol. The van der Waals surface area contributed by atoms with E-state index in [2.05, 4.69) is 24.9 Å². The summed E-state index contributed by atoms with van der Waals surface area (Å²) >= 11 is 0. The van der Waals surface area contributed by atoms with Crippen molar-refractivity contribution >= 4 is 29.7 Å². The van der Waals surface area contributed by atoms with Crippen LogP contribution in [-0.4, -0.2) is 125 Å². The zero-order chi connectivity index (χ0) is 32.9. The van der Waals surface area contributed by atoms with Crippen LogP contribution in [0.25, 0.3) is 11.4 Å². The predicted octanol–water partition coefficient (Wildman–Crippen LogP) is 1.06. The summed E-state index contributed by atoms with van der Waals surface area (Å²) in [6.45, 7) is 4.92. The summed E-state index contributed by atoms with van der Waals surface area (Å²) in [6, 6.07) is 2.04. The molecule has 2 aromatic rings. The van der Waals surface area contributed by atoms with E-state index >= 15 is 0 Å². The lowest BCUT2D eigenvalue weighted by Gasteiger charge is -2.35. The average Bonchev–Trinajstić information content (AvgIpc) is 3.80. The molecule has 0 bridgehead atoms. The molecule has 0 unspecified atom stereocenters. The fraction of sp³-hybridized carbons (Fsp3) is 0.600. The molecule has 4 aliphatic rings. The summed E-state index contributed by atoms with van der Waals surface area (Å²) in [5.41, 5.74) is 5.19. The Labute approximate surface area is 270 Å². The Kier molecular flexibility index (Phi) is 9.97. The van der Waals surface area contributed by atoms with Crippen molar-refractivity contribution in [3.05, 3.63) is 23.5 Å². The fourth-order valence-corrected chi connectivity index (χ4v) is 5.81. The molecule has 3 aliphatic heterocycles. The number of ether oxygens (including phenoxy) is 2. The fourth-order valence-electron chi connectivity index (χ4n) is 5.81. The molecule has 250 valence electrons. The summed E-state index contributed by atoms with van der Waals surface area (Å²) in [5, 5.41) is 9.38. The number of nitrogen functional groups attached to an aromatic ring is 1. The Hall–Kier alpha value is -4.56. The van der Waals surface area contributed by atoms with Crippen LogP contribution in [0.1, 0.15) is 31.4 Å². The normalized spacial score (nSPS) is 20.6. The smallest absolute Gasteiger partial charge is 0.281 e. The number of alkyl halides is 2. The van der Waals surface area contributed by atoms with Gasteiger partial charge in [-0.05, 0) is 25.2 Å². The van der Waals surface area contributed by atoms with E-state index in [1.807, 2.05) is 15.9 Å². The Morgan fingerprint density at radius 3 is 2.36 bits per heavy atom. The molecular formula is C30H37F2N11O4. The van der Waals surface area contributed by atoms with Gasteiger partial charge in [0.15, 0.2) is 5.82 Å². The number of likely N-dealkylation sites (tertiary alicyclic amines) is 1. The van der Waals surface area contributed by atoms with E-state index in [-0.39, 0.29) is 47.2 Å². The van der Waals surface area contributed by atoms with Crippen molar-refractivity contribution in [3.63, 3.8) is 0 Å². The van der Waals surface area contributed by atoms with E-state index < -0.39 is 12.1 Å². The van der Waals surface area contributed by atoms with E-state index in [1.165, 1.54) is 6.20 Å². The number of nitrogens with zero attached hydrogens (tertiary/aromatic N) is 10. The largest absolute Gasteiger partial charge is 0.378 e. The zero-order valence-corrected chi connectivity index (χ0v) is 25.9. The maximum atomic E-state index is 13.9. The third kappa shape index (κ3) is 7.88. The number of carbonyl (C=O) groups excluding carboxylic acids is 2. The van der Waals surface area contributed by atoms with Crippen LogP contribution in [0.2, 0.25) is 0 Å². The monoisotopic (exact) mass is 653 g/mol. The van der Waals surface area contributed by atoms with Crippen molar-refractivity contribution in [1.29, 1.82) is 5.26 Å². The molecule has 5 heterocycles. The SMILES string of the molecule is N#C/C(=C/C1CC1)C(=O)N1CC[C@H](COCC(=O)N2CCN(c3nc(-c4cnc(N)nc4C(F)F)nc(N4CCOCC4)n3)CC2)C1. The van der Waals surface area contributed by atoms with Crippen LogP contribution in [0, 0.1) is 23.2 Å². The minimum atomic E-state index is -2.92. The number of hydrogen-bond acceptors (Lipinski definition) is 13. The van der Waals surface area contributed by atoms with E-state index in [0.29, 0.717) is 90.0 Å². The van der Waals surface area contributed by atoms with Gasteiger partial charge in [-0.1, -0.05) is 6.08 Å². The van der Waals surface area contributed by atoms with Crippen LogP contribution in [0.4, 0.5) is 26.6 Å². The first kappa shape index (κ1) is 32.4. The number of allylic oxidation sites excluding steroid dienone is 1. The van der Waals surface area contributed by atoms with E-state index in [4.69, 9.17) is 15.2 Å². The minimum absolute atomic E-state index is 0.00802. The maximum absolute atomic E-state index is 13.9. The number of aromatic nitrogens is 5. The Balaban J connectivity index is 1.04. The lowest BCUT2D eigenvalue weighted by molar-refractivity contribution is -0.137. The van der Waals surface area contributed by atoms with Crippen molar-refractivity contribution in [2.24, 2.45) is 11.8 Å². The van der Waals surface area contributed by atoms with E-state index in [0.717, 1.165) is 19.3 Å². The van der Waals surface area contributed by atoms with Gasteiger partial charge in [-0.2, -0.15) is 20.2 Å². The van der Waals surface area contributed by atoms with Gasteiger partial charge in [0.25, 0.3) is 12.3 Å². The number of hydrogen-bond donors (Lipinski definition) is 1. The van der Waals surface area contributed by atoms with Gasteiger partial charge in [0, 0.05) is 64.5 Å². The van der Waals surface area contributed by atoms with Gasteiger partial charge in [-0.3, -0.25) is 9.59 Å². The van der Waals surface area contributed by atoms with Gasteiger partial charge in [0.05, 0.1) is 25.4 Å². The number of rotatable bonds is 10. The number of nitrogens with two attached hydrogens (primary N) is 1. The first-order valence-corrected chi connectivity index (χ1v) is 15.8. The summed E-state index contributed by atoms with van der Waals surface area (Å²) < 4.78 is 39.0. The molecule has 6 rings (SSSR count). The van der Waals surface area contributed by atoms with Crippen molar-refractivity contribution in [3.8, 4) is 17.5 Å². The first-order valence-electron chi connectivity index (χ1n) is 15.8. The van der Waals surface area contributed by atoms with Gasteiger partial charge in [-0.15, -0.1) is 0 Å². The third-order valence-corrected chi connectivity index (χ3v) is 8.63. The quantitative estimate of drug-likeness (QED) is 0.284. The Morgan fingerprint density at radius 1 is 1.00 bits per heavy atom. The van der Waals surface area contributed by atoms with Crippen molar-refractivity contribution < 1.29 is 27.8 Å². The molecule has 0 radical (unpaired) electrons. The number of anilines is 3. The molecule has 0 aromatic carbocycles. The highest BCUT2D eigenvalue weighted by molar-refractivity contribution is 5.97. The Morgan fingerprint density at radius 2 is 1.70 bits per heavy atom. The summed E-state index contributed by atoms with van der Waals surface area (Å²) in [6.07, 6.45) is 2.86. The van der Waals surface area contributed by atoms with Gasteiger partial charge < -0.3 is 34.8 Å². The van der Waals surface area contributed by atoms with Crippen LogP contribution in [0.5, 0.6) is 0 Å². The molecule has 1 aliphatic carbocycles. The lowest BCUT2D eigenvalue weighted by atomic mass is 10.1. The molecular weight excluding hydrogens is 616 g/mol. The molecule has 2 N–H and O–H groups in total. The standard InChI is InChI=1S/C30H37F2N11O4/c31-25(32)24-22(15-35-28(34)36-24)26-37-29(39-30(38-26)42-9-11-46-12-10-42)41-7-5-40(6-8-41)23(44)18-47-17-20-3-4-43(16-20)27(45)21(14-33)13-19-1-2-19/h13,15,19-20,25H,1-12,16-18H2,(H2,34,35,36)/b21-13-/t20-/m0/s1. The number of carbonyl (C=O) groups is 2. The van der Waals surface area contributed by atoms with Crippen molar-refractivity contribution in [2.75, 3.05) is 94.3 Å². The van der Waals surface area contributed by atoms with Crippen LogP contribution in [-0.2, 0) is 19.1 Å². The lowest BCUT2D eigenvalue weighted by Crippen LogP contribution is -2.50. The molecule has 1 saturated carbocycles. The van der Waals surface area contributed by atoms with Gasteiger partial charge in [-0.25, -0.2) is 18.7 Å². The number of piperazine rings is 1. The number of morpholine rings is 1. The van der Waals surface area contributed by atoms with E-state index in [1.54, 1.807) is 15.9 Å². The maximum Gasteiger partial charge on any atom is 0.281 e. The van der Waals surface area contributed by atoms with Crippen LogP contribution >= 0.6 is 0 Å². The Bertz CT molecular complexity index is 1540. The first-order chi connectivity index (χ1) is 22.8. The predicted molar refractivity (Wildman–Crippen MR) is 164 cm³/mol. The van der Waals surface area contributed by atoms with Crippen molar-refractivity contribution in [2.45, 2.75) is 25.7 Å². The summed E-state index contributed by atoms with van der Waals surface area (Å²) in [5.74, 6) is 0.416. The molecule has 15 nitrogen and oxygen atoms in total. The highest BCUT2D eigenvalue weighted by Gasteiger charge is 2.31. The van der Waals surface area contributed by atoms with Gasteiger partial charge in [0.2, 0.25) is 23.8 Å². The van der Waals surface area contributed by atoms with Crippen molar-refractivity contribution in [1.82, 2.24) is 34.7 Å². The third-order valence-electron chi connectivity index (χ3n) is 8.63. The number of halogens is 2. The van der Waals surface area contributed by atoms with Crippen LogP contribution < -0.4 is 15.5 Å². The highest BCUT2D eigenvalue weighted by Crippen LogP contribution is 2.32.